The van der Waals surface area contributed by atoms with Gasteiger partial charge in [0.05, 0.1) is 16.3 Å². The van der Waals surface area contributed by atoms with Gasteiger partial charge in [-0.25, -0.2) is 0 Å². The van der Waals surface area contributed by atoms with Gasteiger partial charge in [-0.05, 0) is 49.1 Å². The van der Waals surface area contributed by atoms with Crippen LogP contribution >= 0.6 is 22.7 Å². The molecule has 0 saturated carbocycles. The average Bonchev–Trinajstić information content (AvgIpc) is 3.48. The summed E-state index contributed by atoms with van der Waals surface area (Å²) in [4.78, 5) is 27.8. The van der Waals surface area contributed by atoms with Gasteiger partial charge < -0.3 is 16.8 Å². The molecule has 3 heterocycles. The summed E-state index contributed by atoms with van der Waals surface area (Å²) in [5.74, 6) is 0.254. The van der Waals surface area contributed by atoms with Crippen molar-refractivity contribution in [2.45, 2.75) is 24.7 Å². The topological polar surface area (TPSA) is 153 Å². The molecule has 3 aromatic rings. The zero-order chi connectivity index (χ0) is 20.6. The van der Waals surface area contributed by atoms with Crippen molar-refractivity contribution < 1.29 is 9.59 Å². The molecule has 1 amide bonds. The molecular formula is C18H21N7O2S2. The number of H-pyrrole nitrogens is 1. The second-order valence-electron chi connectivity index (χ2n) is 6.82. The Hall–Kier alpha value is -2.47. The van der Waals surface area contributed by atoms with Crippen molar-refractivity contribution in [1.82, 2.24) is 25.9 Å². The molecule has 29 heavy (non-hydrogen) atoms. The van der Waals surface area contributed by atoms with Crippen molar-refractivity contribution in [3.05, 3.63) is 48.6 Å². The van der Waals surface area contributed by atoms with E-state index in [1.54, 1.807) is 7.05 Å². The van der Waals surface area contributed by atoms with E-state index in [2.05, 4.69) is 25.9 Å². The molecular weight excluding hydrogens is 410 g/mol. The minimum absolute atomic E-state index is 0.0451. The van der Waals surface area contributed by atoms with Crippen molar-refractivity contribution in [3.63, 3.8) is 0 Å². The molecule has 11 heteroatoms. The van der Waals surface area contributed by atoms with Gasteiger partial charge in [0.1, 0.15) is 5.41 Å². The zero-order valence-electron chi connectivity index (χ0n) is 15.8. The molecule has 0 saturated heterocycles. The standard InChI is InChI=1S/C18H21N7O2S2/c1-21-16(27)13-7-10-3-2-9-6-12(11(26)8-20)28-14(9)18(4-5-19,15(10)29-13)17-22-24-25-23-17/h6-7H,2-5,8,19-20H2,1H3,(H,21,27)(H,22,23,24,25). The summed E-state index contributed by atoms with van der Waals surface area (Å²) < 4.78 is 0. The number of aryl methyl sites for hydroxylation is 2. The van der Waals surface area contributed by atoms with Crippen LogP contribution in [0.3, 0.4) is 0 Å². The van der Waals surface area contributed by atoms with Gasteiger partial charge in [0, 0.05) is 16.8 Å². The van der Waals surface area contributed by atoms with E-state index in [1.807, 2.05) is 12.1 Å². The molecule has 1 unspecified atom stereocenters. The van der Waals surface area contributed by atoms with Gasteiger partial charge >= 0.3 is 0 Å². The van der Waals surface area contributed by atoms with E-state index in [-0.39, 0.29) is 18.2 Å². The fraction of sp³-hybridized carbons (Fsp3) is 0.389. The van der Waals surface area contributed by atoms with Gasteiger partial charge in [-0.15, -0.1) is 32.9 Å². The lowest BCUT2D eigenvalue weighted by atomic mass is 9.78. The smallest absolute Gasteiger partial charge is 0.261 e. The number of tetrazole rings is 1. The number of nitrogens with zero attached hydrogens (tertiary/aromatic N) is 3. The zero-order valence-corrected chi connectivity index (χ0v) is 17.5. The second-order valence-corrected chi connectivity index (χ2v) is 8.92. The summed E-state index contributed by atoms with van der Waals surface area (Å²) >= 11 is 2.83. The van der Waals surface area contributed by atoms with Crippen LogP contribution < -0.4 is 16.8 Å². The van der Waals surface area contributed by atoms with Crippen LogP contribution in [0.15, 0.2) is 12.1 Å². The van der Waals surface area contributed by atoms with Gasteiger partial charge in [0.2, 0.25) is 0 Å². The molecule has 152 valence electrons. The quantitative estimate of drug-likeness (QED) is 0.417. The number of hydrogen-bond acceptors (Lipinski definition) is 9. The maximum absolute atomic E-state index is 12.3. The van der Waals surface area contributed by atoms with Gasteiger partial charge in [0.15, 0.2) is 11.6 Å². The third kappa shape index (κ3) is 3.10. The Kier molecular flexibility index (Phi) is 5.30. The third-order valence-corrected chi connectivity index (χ3v) is 7.93. The van der Waals surface area contributed by atoms with Crippen molar-refractivity contribution in [2.75, 3.05) is 20.1 Å². The number of hydrogen-bond donors (Lipinski definition) is 4. The van der Waals surface area contributed by atoms with Crippen LogP contribution in [0.2, 0.25) is 0 Å². The highest BCUT2D eigenvalue weighted by molar-refractivity contribution is 7.16. The SMILES string of the molecule is CNC(=O)c1cc2c(s1)C(CCN)(c1nn[nH]n1)c1sc(C(=O)CN)cc1CC2. The third-order valence-electron chi connectivity index (χ3n) is 5.21. The molecule has 0 spiro atoms. The van der Waals surface area contributed by atoms with E-state index in [1.165, 1.54) is 22.7 Å². The van der Waals surface area contributed by atoms with Gasteiger partial charge in [0.25, 0.3) is 5.91 Å². The molecule has 0 bridgehead atoms. The first-order valence-electron chi connectivity index (χ1n) is 9.20. The van der Waals surface area contributed by atoms with Crippen LogP contribution in [0.4, 0.5) is 0 Å². The van der Waals surface area contributed by atoms with Crippen molar-refractivity contribution in [3.8, 4) is 0 Å². The summed E-state index contributed by atoms with van der Waals surface area (Å²) in [6.07, 6.45) is 2.01. The van der Waals surface area contributed by atoms with Crippen LogP contribution in [0.1, 0.15) is 52.5 Å². The van der Waals surface area contributed by atoms with E-state index in [9.17, 15) is 9.59 Å². The maximum Gasteiger partial charge on any atom is 0.261 e. The summed E-state index contributed by atoms with van der Waals surface area (Å²) in [5.41, 5.74) is 13.0. The molecule has 0 aliphatic heterocycles. The fourth-order valence-corrected chi connectivity index (χ4v) is 6.72. The summed E-state index contributed by atoms with van der Waals surface area (Å²) in [6, 6.07) is 3.86. The first-order valence-corrected chi connectivity index (χ1v) is 10.8. The number of thiophene rings is 2. The van der Waals surface area contributed by atoms with E-state index in [0.717, 1.165) is 33.7 Å². The summed E-state index contributed by atoms with van der Waals surface area (Å²) in [7, 11) is 1.61. The largest absolute Gasteiger partial charge is 0.354 e. The Balaban J connectivity index is 2.02. The van der Waals surface area contributed by atoms with E-state index in [0.29, 0.717) is 28.5 Å². The lowest BCUT2D eigenvalue weighted by Gasteiger charge is -2.29. The minimum atomic E-state index is -0.766. The highest BCUT2D eigenvalue weighted by Gasteiger charge is 2.47. The molecule has 1 aliphatic carbocycles. The number of carbonyl (C=O) groups is 2. The molecule has 0 radical (unpaired) electrons. The molecule has 0 fully saturated rings. The molecule has 3 aromatic heterocycles. The number of ketones is 1. The van der Waals surface area contributed by atoms with E-state index >= 15 is 0 Å². The molecule has 9 nitrogen and oxygen atoms in total. The van der Waals surface area contributed by atoms with Crippen LogP contribution in [-0.2, 0) is 18.3 Å². The average molecular weight is 432 g/mol. The normalized spacial score (nSPS) is 18.0. The first-order chi connectivity index (χ1) is 14.0. The van der Waals surface area contributed by atoms with Gasteiger partial charge in [-0.3, -0.25) is 9.59 Å². The second kappa shape index (κ2) is 7.75. The molecule has 1 aliphatic rings. The van der Waals surface area contributed by atoms with E-state index < -0.39 is 5.41 Å². The maximum atomic E-state index is 12.3. The van der Waals surface area contributed by atoms with Crippen molar-refractivity contribution >= 4 is 34.4 Å². The Morgan fingerprint density at radius 3 is 2.38 bits per heavy atom. The first kappa shape index (κ1) is 19.8. The predicted molar refractivity (Wildman–Crippen MR) is 111 cm³/mol. The molecule has 6 N–H and O–H groups in total. The Labute approximate surface area is 174 Å². The summed E-state index contributed by atoms with van der Waals surface area (Å²) in [6.45, 7) is 0.329. The van der Waals surface area contributed by atoms with Gasteiger partial charge in [-0.1, -0.05) is 5.21 Å². The highest BCUT2D eigenvalue weighted by atomic mass is 32.1. The lowest BCUT2D eigenvalue weighted by Crippen LogP contribution is -2.33. The monoisotopic (exact) mass is 431 g/mol. The van der Waals surface area contributed by atoms with Crippen LogP contribution in [-0.4, -0.2) is 52.5 Å². The number of carbonyl (C=O) groups excluding carboxylic acids is 2. The number of aromatic nitrogens is 4. The Morgan fingerprint density at radius 1 is 1.17 bits per heavy atom. The Morgan fingerprint density at radius 2 is 1.83 bits per heavy atom. The minimum Gasteiger partial charge on any atom is -0.354 e. The molecule has 0 aromatic carbocycles. The number of nitrogens with one attached hydrogen (secondary N) is 2. The van der Waals surface area contributed by atoms with Crippen molar-refractivity contribution in [1.29, 1.82) is 0 Å². The number of Topliss-reactive ketones (excluding diaryl/α,β-unsaturated/α-hetero) is 1. The highest BCUT2D eigenvalue weighted by Crippen LogP contribution is 2.51. The molecule has 4 rings (SSSR count). The number of nitrogens with two attached hydrogens (primary N) is 2. The van der Waals surface area contributed by atoms with Gasteiger partial charge in [-0.2, -0.15) is 5.21 Å². The van der Waals surface area contributed by atoms with Crippen LogP contribution in [0, 0.1) is 0 Å². The van der Waals surface area contributed by atoms with Crippen molar-refractivity contribution in [2.24, 2.45) is 11.5 Å². The fourth-order valence-electron chi connectivity index (χ4n) is 3.90. The number of aromatic amines is 1. The number of amides is 1. The van der Waals surface area contributed by atoms with Crippen LogP contribution in [0.5, 0.6) is 0 Å². The number of rotatable bonds is 6. The van der Waals surface area contributed by atoms with E-state index in [4.69, 9.17) is 11.5 Å². The van der Waals surface area contributed by atoms with Crippen LogP contribution in [0.25, 0.3) is 0 Å². The molecule has 1 atom stereocenters. The lowest BCUT2D eigenvalue weighted by molar-refractivity contribution is 0.0965. The Bertz CT molecular complexity index is 992. The number of fused-ring (bicyclic) bond motifs is 2. The predicted octanol–water partition coefficient (Wildman–Crippen LogP) is 0.606. The summed E-state index contributed by atoms with van der Waals surface area (Å²) in [5, 5.41) is 17.7.